The van der Waals surface area contributed by atoms with E-state index in [9.17, 15) is 19.2 Å². The number of imide groups is 1. The van der Waals surface area contributed by atoms with Crippen molar-refractivity contribution < 1.29 is 23.9 Å². The number of carbonyl (C=O) groups excluding carboxylic acids is 4. The Morgan fingerprint density at radius 3 is 2.52 bits per heavy atom. The number of nitrogens with one attached hydrogen (secondary N) is 3. The maximum Gasteiger partial charge on any atom is 0.321 e. The van der Waals surface area contributed by atoms with Crippen LogP contribution in [0.4, 0.5) is 10.5 Å². The molecule has 0 aromatic heterocycles. The van der Waals surface area contributed by atoms with Gasteiger partial charge in [-0.15, -0.1) is 11.8 Å². The minimum atomic E-state index is -1.31. The second kappa shape index (κ2) is 9.24. The smallest absolute Gasteiger partial charge is 0.321 e. The number of thioether (sulfide) groups is 1. The van der Waals surface area contributed by atoms with Crippen LogP contribution in [0.3, 0.4) is 0 Å². The van der Waals surface area contributed by atoms with Gasteiger partial charge in [0.05, 0.1) is 17.4 Å². The summed E-state index contributed by atoms with van der Waals surface area (Å²) in [5.41, 5.74) is 1.10. The number of fused-ring (bicyclic) bond motifs is 1. The third-order valence-corrected chi connectivity index (χ3v) is 5.39. The molecule has 1 aliphatic heterocycles. The summed E-state index contributed by atoms with van der Waals surface area (Å²) in [6, 6.07) is 14.9. The molecule has 2 aromatic carbocycles. The van der Waals surface area contributed by atoms with Gasteiger partial charge in [-0.1, -0.05) is 42.5 Å². The molecule has 2 aromatic rings. The zero-order valence-electron chi connectivity index (χ0n) is 15.5. The van der Waals surface area contributed by atoms with Gasteiger partial charge in [-0.25, -0.2) is 4.79 Å². The minimum Gasteiger partial charge on any atom is -0.447 e. The van der Waals surface area contributed by atoms with Crippen molar-refractivity contribution in [2.24, 2.45) is 0 Å². The average molecular weight is 413 g/mol. The summed E-state index contributed by atoms with van der Waals surface area (Å²) >= 11 is 1.26. The van der Waals surface area contributed by atoms with Crippen LogP contribution in [0.2, 0.25) is 0 Å². The molecule has 0 unspecified atom stereocenters. The summed E-state index contributed by atoms with van der Waals surface area (Å²) in [5, 5.41) is 6.45. The van der Waals surface area contributed by atoms with Gasteiger partial charge in [-0.3, -0.25) is 19.7 Å². The Morgan fingerprint density at radius 1 is 1.10 bits per heavy atom. The largest absolute Gasteiger partial charge is 0.447 e. The van der Waals surface area contributed by atoms with Crippen LogP contribution in [0, 0.1) is 0 Å². The topological polar surface area (TPSA) is 114 Å². The van der Waals surface area contributed by atoms with Crippen LogP contribution in [0.25, 0.3) is 0 Å². The highest BCUT2D eigenvalue weighted by atomic mass is 32.2. The number of hydrogen-bond donors (Lipinski definition) is 3. The van der Waals surface area contributed by atoms with Crippen LogP contribution >= 0.6 is 11.8 Å². The molecule has 0 spiro atoms. The fraction of sp³-hybridized carbons (Fsp3) is 0.200. The Kier molecular flexibility index (Phi) is 6.50. The Morgan fingerprint density at radius 2 is 1.79 bits per heavy atom. The predicted molar refractivity (Wildman–Crippen MR) is 107 cm³/mol. The number of para-hydroxylation sites is 1. The first-order valence-corrected chi connectivity index (χ1v) is 9.69. The number of benzene rings is 2. The van der Waals surface area contributed by atoms with Gasteiger partial charge in [0.25, 0.3) is 5.91 Å². The van der Waals surface area contributed by atoms with Crippen LogP contribution < -0.4 is 16.0 Å². The average Bonchev–Trinajstić information content (AvgIpc) is 2.73. The maximum absolute atomic E-state index is 12.5. The van der Waals surface area contributed by atoms with Crippen molar-refractivity contribution in [3.05, 3.63) is 60.2 Å². The standard InChI is InChI=1S/C20H19N3O5S/c1-21-20(27)23-19(26)17(12-7-3-2-4-8-12)28-16(24)11-15-18(25)22-13-9-5-6-10-14(13)29-15/h2-10,15,17H,11H2,1H3,(H,22,25)(H2,21,23,26,27)/t15-,17+/m1/s1. The molecule has 150 valence electrons. The van der Waals surface area contributed by atoms with Crippen LogP contribution in [-0.4, -0.2) is 36.1 Å². The SMILES string of the molecule is CNC(=O)NC(=O)[C@@H](OC(=O)C[C@H]1Sc2ccccc2NC1=O)c1ccccc1. The molecular weight excluding hydrogens is 394 g/mol. The molecule has 0 fully saturated rings. The summed E-state index contributed by atoms with van der Waals surface area (Å²) in [4.78, 5) is 49.6. The highest BCUT2D eigenvalue weighted by Gasteiger charge is 2.32. The van der Waals surface area contributed by atoms with Gasteiger partial charge in [0.1, 0.15) is 0 Å². The molecule has 0 saturated heterocycles. The highest BCUT2D eigenvalue weighted by molar-refractivity contribution is 8.01. The molecule has 1 aliphatic rings. The van der Waals surface area contributed by atoms with Gasteiger partial charge in [0, 0.05) is 17.5 Å². The molecule has 29 heavy (non-hydrogen) atoms. The molecule has 4 amide bonds. The lowest BCUT2D eigenvalue weighted by Gasteiger charge is -2.24. The van der Waals surface area contributed by atoms with Crippen molar-refractivity contribution in [1.29, 1.82) is 0 Å². The summed E-state index contributed by atoms with van der Waals surface area (Å²) in [6.45, 7) is 0. The molecule has 2 atom stereocenters. The van der Waals surface area contributed by atoms with Crippen LogP contribution in [0.15, 0.2) is 59.5 Å². The lowest BCUT2D eigenvalue weighted by molar-refractivity contribution is -0.156. The molecule has 3 N–H and O–H groups in total. The van der Waals surface area contributed by atoms with Crippen LogP contribution in [-0.2, 0) is 19.1 Å². The highest BCUT2D eigenvalue weighted by Crippen LogP contribution is 2.37. The van der Waals surface area contributed by atoms with Crippen molar-refractivity contribution in [2.45, 2.75) is 22.7 Å². The first kappa shape index (κ1) is 20.4. The fourth-order valence-corrected chi connectivity index (χ4v) is 3.79. The number of carbonyl (C=O) groups is 4. The van der Waals surface area contributed by atoms with Gasteiger partial charge >= 0.3 is 12.0 Å². The lowest BCUT2D eigenvalue weighted by Crippen LogP contribution is -2.41. The molecule has 0 bridgehead atoms. The van der Waals surface area contributed by atoms with Gasteiger partial charge in [-0.05, 0) is 12.1 Å². The van der Waals surface area contributed by atoms with E-state index in [0.29, 0.717) is 11.3 Å². The first-order chi connectivity index (χ1) is 14.0. The normalized spacial score (nSPS) is 16.0. The monoisotopic (exact) mass is 413 g/mol. The Bertz CT molecular complexity index is 935. The number of anilines is 1. The Hall–Kier alpha value is -3.33. The van der Waals surface area contributed by atoms with E-state index in [1.54, 1.807) is 36.4 Å². The van der Waals surface area contributed by atoms with Crippen molar-refractivity contribution in [3.63, 3.8) is 0 Å². The van der Waals surface area contributed by atoms with Crippen molar-refractivity contribution >= 4 is 41.3 Å². The minimum absolute atomic E-state index is 0.221. The number of urea groups is 1. The number of rotatable bonds is 5. The maximum atomic E-state index is 12.5. The van der Waals surface area contributed by atoms with Crippen LogP contribution in [0.5, 0.6) is 0 Å². The zero-order chi connectivity index (χ0) is 20.8. The summed E-state index contributed by atoms with van der Waals surface area (Å²) in [6.07, 6.45) is -1.54. The number of esters is 1. The van der Waals surface area contributed by atoms with E-state index in [0.717, 1.165) is 4.90 Å². The molecule has 0 saturated carbocycles. The van der Waals surface area contributed by atoms with E-state index in [2.05, 4.69) is 16.0 Å². The molecular formula is C20H19N3O5S. The molecule has 0 radical (unpaired) electrons. The van der Waals surface area contributed by atoms with E-state index in [1.807, 2.05) is 18.2 Å². The third kappa shape index (κ3) is 5.14. The van der Waals surface area contributed by atoms with E-state index >= 15 is 0 Å². The summed E-state index contributed by atoms with van der Waals surface area (Å²) in [7, 11) is 1.36. The molecule has 3 rings (SSSR count). The van der Waals surface area contributed by atoms with Gasteiger partial charge in [0.2, 0.25) is 12.0 Å². The first-order valence-electron chi connectivity index (χ1n) is 8.81. The molecule has 1 heterocycles. The molecule has 0 aliphatic carbocycles. The second-order valence-corrected chi connectivity index (χ2v) is 7.39. The Balaban J connectivity index is 1.71. The lowest BCUT2D eigenvalue weighted by atomic mass is 10.1. The number of amides is 4. The van der Waals surface area contributed by atoms with Gasteiger partial charge in [-0.2, -0.15) is 0 Å². The molecule has 9 heteroatoms. The number of ether oxygens (including phenoxy) is 1. The van der Waals surface area contributed by atoms with Crippen molar-refractivity contribution in [1.82, 2.24) is 10.6 Å². The summed E-state index contributed by atoms with van der Waals surface area (Å²) < 4.78 is 5.36. The second-order valence-electron chi connectivity index (χ2n) is 6.14. The molecule has 8 nitrogen and oxygen atoms in total. The zero-order valence-corrected chi connectivity index (χ0v) is 16.3. The van der Waals surface area contributed by atoms with E-state index in [-0.39, 0.29) is 12.3 Å². The predicted octanol–water partition coefficient (Wildman–Crippen LogP) is 2.23. The van der Waals surface area contributed by atoms with Crippen molar-refractivity contribution in [2.75, 3.05) is 12.4 Å². The van der Waals surface area contributed by atoms with E-state index in [1.165, 1.54) is 18.8 Å². The Labute approximate surface area is 171 Å². The fourth-order valence-electron chi connectivity index (χ4n) is 2.70. The van der Waals surface area contributed by atoms with Crippen LogP contribution in [0.1, 0.15) is 18.1 Å². The summed E-state index contributed by atoms with van der Waals surface area (Å²) in [5.74, 6) is -1.82. The van der Waals surface area contributed by atoms with Gasteiger partial charge in [0.15, 0.2) is 0 Å². The van der Waals surface area contributed by atoms with E-state index < -0.39 is 29.3 Å². The number of hydrogen-bond acceptors (Lipinski definition) is 6. The third-order valence-electron chi connectivity index (χ3n) is 4.11. The van der Waals surface area contributed by atoms with Crippen molar-refractivity contribution in [3.8, 4) is 0 Å². The van der Waals surface area contributed by atoms with E-state index in [4.69, 9.17) is 4.74 Å². The quantitative estimate of drug-likeness (QED) is 0.648. The van der Waals surface area contributed by atoms with Gasteiger partial charge < -0.3 is 15.4 Å².